The maximum Gasteiger partial charge on any atom is 0.248 e. The van der Waals surface area contributed by atoms with Crippen molar-refractivity contribution in [3.63, 3.8) is 0 Å². The molecule has 3 rings (SSSR count). The normalized spacial score (nSPS) is 22.1. The molecule has 31 heavy (non-hydrogen) atoms. The Kier molecular flexibility index (Phi) is 7.70. The molecule has 2 aromatic rings. The molecule has 7 heteroatoms. The van der Waals surface area contributed by atoms with E-state index >= 15 is 0 Å². The highest BCUT2D eigenvalue weighted by molar-refractivity contribution is 6.31. The van der Waals surface area contributed by atoms with Gasteiger partial charge in [0.25, 0.3) is 0 Å². The number of aliphatic hydroxyl groups is 1. The summed E-state index contributed by atoms with van der Waals surface area (Å²) < 4.78 is 13.2. The Labute approximate surface area is 188 Å². The molecule has 0 unspecified atom stereocenters. The van der Waals surface area contributed by atoms with E-state index in [1.54, 1.807) is 24.3 Å². The minimum absolute atomic E-state index is 0.0196. The van der Waals surface area contributed by atoms with Crippen molar-refractivity contribution < 1.29 is 14.3 Å². The van der Waals surface area contributed by atoms with Crippen LogP contribution in [0.4, 0.5) is 4.39 Å². The van der Waals surface area contributed by atoms with E-state index in [-0.39, 0.29) is 11.7 Å². The Bertz CT molecular complexity index is 923. The Hall–Kier alpha value is -1.99. The quantitative estimate of drug-likeness (QED) is 0.651. The molecule has 0 spiro atoms. The molecule has 168 valence electrons. The summed E-state index contributed by atoms with van der Waals surface area (Å²) in [5.41, 5.74) is 6.53. The fourth-order valence-corrected chi connectivity index (χ4v) is 4.74. The first-order valence-electron chi connectivity index (χ1n) is 10.6. The summed E-state index contributed by atoms with van der Waals surface area (Å²) in [6.45, 7) is 3.08. The van der Waals surface area contributed by atoms with Crippen molar-refractivity contribution in [3.05, 3.63) is 70.0 Å². The lowest BCUT2D eigenvalue weighted by Crippen LogP contribution is -2.53. The van der Waals surface area contributed by atoms with Gasteiger partial charge >= 0.3 is 0 Å². The molecular weight excluding hydrogens is 417 g/mol. The number of primary amides is 1. The topological polar surface area (TPSA) is 69.8 Å². The van der Waals surface area contributed by atoms with Crippen LogP contribution in [0, 0.1) is 11.7 Å². The molecule has 0 radical (unpaired) electrons. The Balaban J connectivity index is 1.69. The standard InChI is InChI=1S/C24H31ClFN3O2/c1-28(2)15-20-16-29(11-4-6-17-8-9-21(26)14-22(17)25)12-10-24(20,31)19-7-3-5-18(13-19)23(27)30/h3,5,7-9,13-14,20,31H,4,6,10-12,15-16H2,1-2H3,(H2,27,30)/t20-,24-/m1/s1. The van der Waals surface area contributed by atoms with E-state index in [1.165, 1.54) is 12.1 Å². The second-order valence-electron chi connectivity index (χ2n) is 8.72. The van der Waals surface area contributed by atoms with Crippen LogP contribution in [0.5, 0.6) is 0 Å². The number of amides is 1. The first-order chi connectivity index (χ1) is 14.7. The van der Waals surface area contributed by atoms with Crippen molar-refractivity contribution >= 4 is 17.5 Å². The summed E-state index contributed by atoms with van der Waals surface area (Å²) in [5.74, 6) is -0.837. The number of benzene rings is 2. The molecule has 0 bridgehead atoms. The van der Waals surface area contributed by atoms with Crippen molar-refractivity contribution in [2.24, 2.45) is 11.7 Å². The van der Waals surface area contributed by atoms with Crippen molar-refractivity contribution in [2.75, 3.05) is 40.3 Å². The zero-order valence-corrected chi connectivity index (χ0v) is 18.9. The van der Waals surface area contributed by atoms with Crippen LogP contribution in [-0.4, -0.2) is 61.1 Å². The third kappa shape index (κ3) is 5.83. The number of aryl methyl sites for hydroxylation is 1. The highest BCUT2D eigenvalue weighted by Crippen LogP contribution is 2.38. The molecular formula is C24H31ClFN3O2. The van der Waals surface area contributed by atoms with Gasteiger partial charge in [-0.25, -0.2) is 4.39 Å². The fraction of sp³-hybridized carbons (Fsp3) is 0.458. The van der Waals surface area contributed by atoms with E-state index in [1.807, 2.05) is 20.2 Å². The summed E-state index contributed by atoms with van der Waals surface area (Å²) in [6, 6.07) is 11.6. The summed E-state index contributed by atoms with van der Waals surface area (Å²) in [6.07, 6.45) is 2.25. The predicted octanol–water partition coefficient (Wildman–Crippen LogP) is 3.28. The lowest BCUT2D eigenvalue weighted by atomic mass is 9.75. The van der Waals surface area contributed by atoms with Crippen LogP contribution in [0.25, 0.3) is 0 Å². The van der Waals surface area contributed by atoms with Gasteiger partial charge in [0, 0.05) is 36.1 Å². The number of hydrogen-bond acceptors (Lipinski definition) is 4. The van der Waals surface area contributed by atoms with Gasteiger partial charge in [0.15, 0.2) is 0 Å². The molecule has 2 aromatic carbocycles. The van der Waals surface area contributed by atoms with Gasteiger partial charge in [0.05, 0.1) is 5.60 Å². The monoisotopic (exact) mass is 447 g/mol. The van der Waals surface area contributed by atoms with E-state index < -0.39 is 11.5 Å². The second-order valence-corrected chi connectivity index (χ2v) is 9.13. The van der Waals surface area contributed by atoms with Gasteiger partial charge < -0.3 is 20.6 Å². The van der Waals surface area contributed by atoms with Crippen molar-refractivity contribution in [3.8, 4) is 0 Å². The maximum absolute atomic E-state index is 13.2. The van der Waals surface area contributed by atoms with Crippen LogP contribution in [0.3, 0.4) is 0 Å². The summed E-state index contributed by atoms with van der Waals surface area (Å²) in [7, 11) is 3.99. The number of hydrogen-bond donors (Lipinski definition) is 2. The number of halogens is 2. The lowest BCUT2D eigenvalue weighted by molar-refractivity contribution is -0.0846. The van der Waals surface area contributed by atoms with Crippen molar-refractivity contribution in [1.82, 2.24) is 9.80 Å². The van der Waals surface area contributed by atoms with Gasteiger partial charge in [0.1, 0.15) is 5.82 Å². The SMILES string of the molecule is CN(C)C[C@@H]1CN(CCCc2ccc(F)cc2Cl)CC[C@@]1(O)c1cccc(C(N)=O)c1. The van der Waals surface area contributed by atoms with Crippen LogP contribution in [0.15, 0.2) is 42.5 Å². The smallest absolute Gasteiger partial charge is 0.248 e. The zero-order chi connectivity index (χ0) is 22.6. The largest absolute Gasteiger partial charge is 0.385 e. The van der Waals surface area contributed by atoms with Gasteiger partial charge in [-0.3, -0.25) is 4.79 Å². The minimum atomic E-state index is -1.02. The molecule has 5 nitrogen and oxygen atoms in total. The summed E-state index contributed by atoms with van der Waals surface area (Å²) in [5, 5.41) is 12.1. The third-order valence-corrected chi connectivity index (χ3v) is 6.48. The number of carbonyl (C=O) groups excluding carboxylic acids is 1. The van der Waals surface area contributed by atoms with Crippen LogP contribution in [0.2, 0.25) is 5.02 Å². The molecule has 1 heterocycles. The Morgan fingerprint density at radius 1 is 1.32 bits per heavy atom. The average molecular weight is 448 g/mol. The fourth-order valence-electron chi connectivity index (χ4n) is 4.48. The van der Waals surface area contributed by atoms with Crippen LogP contribution >= 0.6 is 11.6 Å². The van der Waals surface area contributed by atoms with Gasteiger partial charge in [-0.05, 0) is 75.3 Å². The van der Waals surface area contributed by atoms with Gasteiger partial charge in [-0.2, -0.15) is 0 Å². The molecule has 0 aliphatic carbocycles. The zero-order valence-electron chi connectivity index (χ0n) is 18.2. The van der Waals surface area contributed by atoms with Crippen molar-refractivity contribution in [1.29, 1.82) is 0 Å². The number of likely N-dealkylation sites (tertiary alicyclic amines) is 1. The van der Waals surface area contributed by atoms with E-state index in [0.29, 0.717) is 17.0 Å². The van der Waals surface area contributed by atoms with Crippen LogP contribution < -0.4 is 5.73 Å². The average Bonchev–Trinajstić information content (AvgIpc) is 2.71. The van der Waals surface area contributed by atoms with Crippen molar-refractivity contribution in [2.45, 2.75) is 24.9 Å². The Morgan fingerprint density at radius 3 is 2.77 bits per heavy atom. The maximum atomic E-state index is 13.2. The first-order valence-corrected chi connectivity index (χ1v) is 11.0. The van der Waals surface area contributed by atoms with Crippen LogP contribution in [0.1, 0.15) is 34.3 Å². The first kappa shape index (κ1) is 23.7. The Morgan fingerprint density at radius 2 is 2.10 bits per heavy atom. The third-order valence-electron chi connectivity index (χ3n) is 6.13. The number of nitrogens with zero attached hydrogens (tertiary/aromatic N) is 2. The van der Waals surface area contributed by atoms with Gasteiger partial charge in [-0.1, -0.05) is 29.8 Å². The molecule has 3 N–H and O–H groups in total. The number of nitrogens with two attached hydrogens (primary N) is 1. The molecule has 2 atom stereocenters. The minimum Gasteiger partial charge on any atom is -0.385 e. The van der Waals surface area contributed by atoms with E-state index in [9.17, 15) is 14.3 Å². The summed E-state index contributed by atoms with van der Waals surface area (Å²) in [4.78, 5) is 16.1. The lowest BCUT2D eigenvalue weighted by Gasteiger charge is -2.46. The molecule has 0 aromatic heterocycles. The molecule has 0 saturated carbocycles. The molecule has 1 aliphatic rings. The van der Waals surface area contributed by atoms with Gasteiger partial charge in [0.2, 0.25) is 5.91 Å². The van der Waals surface area contributed by atoms with Crippen LogP contribution in [-0.2, 0) is 12.0 Å². The summed E-state index contributed by atoms with van der Waals surface area (Å²) >= 11 is 6.15. The molecule has 1 fully saturated rings. The number of piperidine rings is 1. The molecule has 1 aliphatic heterocycles. The molecule has 1 amide bonds. The molecule has 1 saturated heterocycles. The van der Waals surface area contributed by atoms with E-state index in [4.69, 9.17) is 17.3 Å². The highest BCUT2D eigenvalue weighted by Gasteiger charge is 2.43. The van der Waals surface area contributed by atoms with E-state index in [2.05, 4.69) is 9.80 Å². The predicted molar refractivity (Wildman–Crippen MR) is 122 cm³/mol. The number of carbonyl (C=O) groups is 1. The van der Waals surface area contributed by atoms with Gasteiger partial charge in [-0.15, -0.1) is 0 Å². The number of rotatable bonds is 8. The second kappa shape index (κ2) is 10.1. The highest BCUT2D eigenvalue weighted by atomic mass is 35.5. The van der Waals surface area contributed by atoms with E-state index in [0.717, 1.165) is 50.1 Å².